The molecule has 0 spiro atoms. The lowest BCUT2D eigenvalue weighted by atomic mass is 9.75. The van der Waals surface area contributed by atoms with Crippen molar-refractivity contribution in [2.75, 3.05) is 67.4 Å². The van der Waals surface area contributed by atoms with Crippen LogP contribution in [-0.4, -0.2) is 137 Å². The average molecular weight is 634 g/mol. The summed E-state index contributed by atoms with van der Waals surface area (Å²) in [7, 11) is 4.76. The molecule has 3 fully saturated rings. The van der Waals surface area contributed by atoms with Gasteiger partial charge in [0.15, 0.2) is 6.29 Å². The van der Waals surface area contributed by atoms with Crippen LogP contribution in [0.5, 0.6) is 0 Å². The molecule has 0 radical (unpaired) electrons. The van der Waals surface area contributed by atoms with E-state index in [-0.39, 0.29) is 41.5 Å². The molecule has 0 unspecified atom stereocenters. The van der Waals surface area contributed by atoms with E-state index in [9.17, 15) is 13.5 Å². The number of methoxy groups -OCH3 is 1. The number of hydrogen-bond donors (Lipinski definition) is 1. The maximum atomic E-state index is 12.1. The van der Waals surface area contributed by atoms with Gasteiger partial charge in [0.2, 0.25) is 10.0 Å². The second-order valence-electron chi connectivity index (χ2n) is 15.3. The number of piperidine rings is 1. The predicted molar refractivity (Wildman–Crippen MR) is 170 cm³/mol. The molecule has 254 valence electrons. The predicted octanol–water partition coefficient (Wildman–Crippen LogP) is 3.28. The summed E-state index contributed by atoms with van der Waals surface area (Å²) in [5, 5.41) is 11.3. The van der Waals surface area contributed by atoms with Gasteiger partial charge in [-0.3, -0.25) is 0 Å². The number of rotatable bonds is 6. The van der Waals surface area contributed by atoms with Crippen LogP contribution in [0.15, 0.2) is 0 Å². The first-order chi connectivity index (χ1) is 19.9. The molecule has 3 aliphatic rings. The van der Waals surface area contributed by atoms with Crippen molar-refractivity contribution in [3.63, 3.8) is 0 Å². The number of nitrogens with zero attached hydrogens (tertiary/aromatic N) is 3. The zero-order valence-corrected chi connectivity index (χ0v) is 29.7. The number of ether oxygens (including phenoxy) is 4. The standard InChI is InChI=1S/C32H63N3O7S/c1-22-17-32(6,39-10)29(42-30-28(36)26(33(7)8)16-24(3)41-30)23(2)18-31(4,5)21-40-20-27(34(9)19-22)25-12-14-35(15-13-25)43(11,37)38/h22-30,36H,12-21H2,1-11H3/t22-,23-,24-,26+,27+,28-,29-,30+,32-/m1/s1. The van der Waals surface area contributed by atoms with Crippen molar-refractivity contribution < 1.29 is 32.5 Å². The summed E-state index contributed by atoms with van der Waals surface area (Å²) >= 11 is 0. The van der Waals surface area contributed by atoms with E-state index >= 15 is 0 Å². The van der Waals surface area contributed by atoms with E-state index in [1.165, 1.54) is 6.26 Å². The van der Waals surface area contributed by atoms with Gasteiger partial charge in [-0.2, -0.15) is 0 Å². The zero-order valence-electron chi connectivity index (χ0n) is 28.9. The first kappa shape index (κ1) is 37.1. The molecule has 0 aromatic rings. The first-order valence-electron chi connectivity index (χ1n) is 16.3. The van der Waals surface area contributed by atoms with Crippen molar-refractivity contribution in [3.05, 3.63) is 0 Å². The topological polar surface area (TPSA) is 101 Å². The van der Waals surface area contributed by atoms with Crippen LogP contribution < -0.4 is 0 Å². The fourth-order valence-electron chi connectivity index (χ4n) is 8.09. The van der Waals surface area contributed by atoms with E-state index in [1.54, 1.807) is 11.4 Å². The molecule has 10 nitrogen and oxygen atoms in total. The van der Waals surface area contributed by atoms with Gasteiger partial charge in [-0.05, 0) is 90.3 Å². The van der Waals surface area contributed by atoms with Crippen LogP contribution in [0, 0.1) is 23.2 Å². The highest BCUT2D eigenvalue weighted by Crippen LogP contribution is 2.40. The van der Waals surface area contributed by atoms with Crippen molar-refractivity contribution in [2.45, 2.75) is 116 Å². The molecule has 0 aromatic heterocycles. The van der Waals surface area contributed by atoms with Gasteiger partial charge >= 0.3 is 0 Å². The maximum absolute atomic E-state index is 12.1. The van der Waals surface area contributed by atoms with Crippen molar-refractivity contribution in [3.8, 4) is 0 Å². The van der Waals surface area contributed by atoms with Crippen LogP contribution in [0.4, 0.5) is 0 Å². The molecule has 1 N–H and O–H groups in total. The Balaban J connectivity index is 1.86. The summed E-state index contributed by atoms with van der Waals surface area (Å²) in [6, 6.07) is 0.153. The first-order valence-corrected chi connectivity index (χ1v) is 18.2. The maximum Gasteiger partial charge on any atom is 0.211 e. The average Bonchev–Trinajstić information content (AvgIpc) is 2.89. The summed E-state index contributed by atoms with van der Waals surface area (Å²) in [5.41, 5.74) is -0.734. The van der Waals surface area contributed by atoms with Gasteiger partial charge in [-0.25, -0.2) is 12.7 Å². The van der Waals surface area contributed by atoms with Crippen molar-refractivity contribution in [1.29, 1.82) is 0 Å². The summed E-state index contributed by atoms with van der Waals surface area (Å²) in [6.45, 7) is 16.4. The van der Waals surface area contributed by atoms with Gasteiger partial charge < -0.3 is 33.9 Å². The molecule has 0 bridgehead atoms. The largest absolute Gasteiger partial charge is 0.386 e. The van der Waals surface area contributed by atoms with E-state index in [0.29, 0.717) is 32.2 Å². The fourth-order valence-corrected chi connectivity index (χ4v) is 8.96. The van der Waals surface area contributed by atoms with Gasteiger partial charge in [-0.15, -0.1) is 0 Å². The highest BCUT2D eigenvalue weighted by Gasteiger charge is 2.47. The summed E-state index contributed by atoms with van der Waals surface area (Å²) in [6.07, 6.45) is 3.51. The SMILES string of the molecule is CO[C@]1(C)C[C@@H](C)CN(C)[C@H](C2CCN(S(C)(=O)=O)CC2)COCC(C)(C)C[C@@H](C)[C@H]1O[C@@H]1O[C@H](C)C[C@H](N(C)C)[C@H]1O. The van der Waals surface area contributed by atoms with Crippen LogP contribution in [0.3, 0.4) is 0 Å². The second kappa shape index (κ2) is 15.0. The van der Waals surface area contributed by atoms with Crippen molar-refractivity contribution in [2.24, 2.45) is 23.2 Å². The Morgan fingerprint density at radius 2 is 1.67 bits per heavy atom. The number of aliphatic hydroxyl groups is 1. The monoisotopic (exact) mass is 633 g/mol. The number of sulfonamides is 1. The van der Waals surface area contributed by atoms with Gasteiger partial charge in [0.1, 0.15) is 6.10 Å². The Hall–Kier alpha value is -0.370. The van der Waals surface area contributed by atoms with Crippen LogP contribution in [0.2, 0.25) is 0 Å². The molecule has 43 heavy (non-hydrogen) atoms. The van der Waals surface area contributed by atoms with Gasteiger partial charge in [0.25, 0.3) is 0 Å². The van der Waals surface area contributed by atoms with Crippen molar-refractivity contribution >= 4 is 10.0 Å². The molecule has 0 saturated carbocycles. The molecule has 3 aliphatic heterocycles. The molecule has 3 saturated heterocycles. The molecule has 9 atom stereocenters. The third-order valence-electron chi connectivity index (χ3n) is 10.2. The third kappa shape index (κ3) is 9.81. The van der Waals surface area contributed by atoms with E-state index in [0.717, 1.165) is 38.6 Å². The third-order valence-corrected chi connectivity index (χ3v) is 11.5. The molecular weight excluding hydrogens is 570 g/mol. The minimum atomic E-state index is -3.17. The van der Waals surface area contributed by atoms with E-state index < -0.39 is 28.0 Å². The Morgan fingerprint density at radius 3 is 2.23 bits per heavy atom. The highest BCUT2D eigenvalue weighted by molar-refractivity contribution is 7.88. The summed E-state index contributed by atoms with van der Waals surface area (Å²) < 4.78 is 51.8. The number of hydrogen-bond acceptors (Lipinski definition) is 9. The minimum absolute atomic E-state index is 0.0293. The van der Waals surface area contributed by atoms with E-state index in [4.69, 9.17) is 18.9 Å². The molecule has 3 heterocycles. The van der Waals surface area contributed by atoms with Gasteiger partial charge in [0, 0.05) is 38.8 Å². The summed E-state index contributed by atoms with van der Waals surface area (Å²) in [4.78, 5) is 4.48. The molecular formula is C32H63N3O7S. The minimum Gasteiger partial charge on any atom is -0.386 e. The van der Waals surface area contributed by atoms with E-state index in [1.807, 2.05) is 21.0 Å². The van der Waals surface area contributed by atoms with Crippen molar-refractivity contribution in [1.82, 2.24) is 14.1 Å². The quantitative estimate of drug-likeness (QED) is 0.472. The molecule has 0 aliphatic carbocycles. The second-order valence-corrected chi connectivity index (χ2v) is 17.3. The molecule has 0 aromatic carbocycles. The molecule has 0 amide bonds. The van der Waals surface area contributed by atoms with Gasteiger partial charge in [0.05, 0.1) is 37.3 Å². The lowest BCUT2D eigenvalue weighted by Gasteiger charge is -2.47. The van der Waals surface area contributed by atoms with Crippen LogP contribution in [0.1, 0.15) is 73.6 Å². The number of aliphatic hydroxyl groups excluding tert-OH is 1. The number of likely N-dealkylation sites (N-methyl/N-ethyl adjacent to an activating group) is 2. The Morgan fingerprint density at radius 1 is 1.05 bits per heavy atom. The Kier molecular flexibility index (Phi) is 13.0. The normalized spacial score (nSPS) is 40.5. The zero-order chi connectivity index (χ0) is 32.3. The summed E-state index contributed by atoms with van der Waals surface area (Å²) in [5.74, 6) is 0.756. The van der Waals surface area contributed by atoms with Crippen LogP contribution >= 0.6 is 0 Å². The van der Waals surface area contributed by atoms with Crippen LogP contribution in [0.25, 0.3) is 0 Å². The van der Waals surface area contributed by atoms with Crippen LogP contribution in [-0.2, 0) is 29.0 Å². The smallest absolute Gasteiger partial charge is 0.211 e. The molecule has 3 rings (SSSR count). The Bertz CT molecular complexity index is 974. The van der Waals surface area contributed by atoms with E-state index in [2.05, 4.69) is 51.5 Å². The van der Waals surface area contributed by atoms with Gasteiger partial charge in [-0.1, -0.05) is 27.7 Å². The molecule has 11 heteroatoms. The fraction of sp³-hybridized carbons (Fsp3) is 1.00. The lowest BCUT2D eigenvalue weighted by molar-refractivity contribution is -0.298. The Labute approximate surface area is 262 Å². The highest BCUT2D eigenvalue weighted by atomic mass is 32.2. The lowest BCUT2D eigenvalue weighted by Crippen LogP contribution is -2.58.